The molecular formula is C27H34O16. The Labute approximate surface area is 243 Å². The van der Waals surface area contributed by atoms with Crippen LogP contribution in [0, 0.1) is 5.92 Å². The normalized spacial score (nSPS) is 42.7. The van der Waals surface area contributed by atoms with Crippen LogP contribution in [0.4, 0.5) is 0 Å². The maximum absolute atomic E-state index is 13.7. The number of carbonyl (C=O) groups is 2. The monoisotopic (exact) mass is 614 g/mol. The Balaban J connectivity index is 1.83. The van der Waals surface area contributed by atoms with E-state index in [-0.39, 0.29) is 5.75 Å². The zero-order valence-corrected chi connectivity index (χ0v) is 22.3. The largest absolute Gasteiger partial charge is 0.508 e. The molecule has 0 radical (unpaired) electrons. The Kier molecular flexibility index (Phi) is 9.72. The summed E-state index contributed by atoms with van der Waals surface area (Å²) < 4.78 is 10.5. The molecule has 13 unspecified atom stereocenters. The van der Waals surface area contributed by atoms with Crippen LogP contribution in [-0.2, 0) is 19.1 Å². The van der Waals surface area contributed by atoms with E-state index in [9.17, 15) is 70.9 Å². The second kappa shape index (κ2) is 12.6. The number of Topliss-reactive ketones (excluding diaryl/α,β-unsaturated/α-hetero) is 2. The molecule has 43 heavy (non-hydrogen) atoms. The first-order valence-electron chi connectivity index (χ1n) is 13.2. The zero-order valence-electron chi connectivity index (χ0n) is 22.3. The van der Waals surface area contributed by atoms with Gasteiger partial charge in [0.15, 0.2) is 11.4 Å². The van der Waals surface area contributed by atoms with Gasteiger partial charge in [0, 0.05) is 0 Å². The van der Waals surface area contributed by atoms with Crippen LogP contribution < -0.4 is 0 Å². The van der Waals surface area contributed by atoms with Crippen molar-refractivity contribution in [3.63, 3.8) is 0 Å². The van der Waals surface area contributed by atoms with Crippen LogP contribution in [0.1, 0.15) is 5.56 Å². The van der Waals surface area contributed by atoms with E-state index in [2.05, 4.69) is 0 Å². The molecule has 13 atom stereocenters. The van der Waals surface area contributed by atoms with E-state index in [0.717, 1.165) is 6.08 Å². The van der Waals surface area contributed by atoms with Gasteiger partial charge in [-0.2, -0.15) is 0 Å². The van der Waals surface area contributed by atoms with E-state index in [4.69, 9.17) is 9.47 Å². The molecular weight excluding hydrogens is 580 g/mol. The Bertz CT molecular complexity index is 1250. The van der Waals surface area contributed by atoms with Crippen LogP contribution in [0.5, 0.6) is 5.75 Å². The number of phenolic OH excluding ortho intramolecular Hbond substituents is 1. The Morgan fingerprint density at radius 1 is 0.953 bits per heavy atom. The second-order valence-electron chi connectivity index (χ2n) is 10.8. The van der Waals surface area contributed by atoms with Crippen LogP contribution >= 0.6 is 0 Å². The minimum Gasteiger partial charge on any atom is -0.508 e. The molecule has 0 spiro atoms. The summed E-state index contributed by atoms with van der Waals surface area (Å²) in [5.74, 6) is -6.72. The summed E-state index contributed by atoms with van der Waals surface area (Å²) in [6, 6.07) is 5.39. The number of aliphatic hydroxyl groups excluding tert-OH is 10. The lowest BCUT2D eigenvalue weighted by atomic mass is 9.64. The lowest BCUT2D eigenvalue weighted by Gasteiger charge is -2.51. The Morgan fingerprint density at radius 2 is 1.58 bits per heavy atom. The molecule has 1 aliphatic carbocycles. The zero-order chi connectivity index (χ0) is 32.0. The van der Waals surface area contributed by atoms with Crippen LogP contribution in [0.3, 0.4) is 0 Å². The lowest BCUT2D eigenvalue weighted by Crippen LogP contribution is -2.75. The van der Waals surface area contributed by atoms with Gasteiger partial charge in [0.1, 0.15) is 78.1 Å². The maximum atomic E-state index is 13.7. The third-order valence-electron chi connectivity index (χ3n) is 8.08. The fourth-order valence-corrected chi connectivity index (χ4v) is 5.56. The van der Waals surface area contributed by atoms with Gasteiger partial charge in [-0.15, -0.1) is 0 Å². The van der Waals surface area contributed by atoms with Crippen molar-refractivity contribution in [3.8, 4) is 5.75 Å². The molecule has 12 N–H and O–H groups in total. The van der Waals surface area contributed by atoms with Crippen LogP contribution in [0.15, 0.2) is 41.7 Å². The smallest absolute Gasteiger partial charge is 0.207 e. The van der Waals surface area contributed by atoms with Gasteiger partial charge in [-0.25, -0.2) is 0 Å². The van der Waals surface area contributed by atoms with Crippen molar-refractivity contribution in [2.45, 2.75) is 72.7 Å². The van der Waals surface area contributed by atoms with E-state index in [1.165, 1.54) is 30.3 Å². The number of phenols is 1. The predicted molar refractivity (Wildman–Crippen MR) is 139 cm³/mol. The Hall–Kier alpha value is -2.84. The molecule has 0 aromatic heterocycles. The molecule has 2 heterocycles. The average molecular weight is 615 g/mol. The minimum atomic E-state index is -3.46. The lowest BCUT2D eigenvalue weighted by molar-refractivity contribution is -0.286. The molecule has 1 aromatic rings. The number of benzene rings is 1. The summed E-state index contributed by atoms with van der Waals surface area (Å²) in [4.78, 5) is 27.4. The second-order valence-corrected chi connectivity index (χ2v) is 10.8. The molecule has 1 saturated carbocycles. The highest BCUT2D eigenvalue weighted by Gasteiger charge is 2.67. The number of allylic oxidation sites excluding steroid dienone is 1. The quantitative estimate of drug-likeness (QED) is 0.0809. The van der Waals surface area contributed by atoms with Gasteiger partial charge in [-0.1, -0.05) is 18.2 Å². The van der Waals surface area contributed by atoms with Crippen molar-refractivity contribution in [3.05, 3.63) is 47.2 Å². The first-order valence-corrected chi connectivity index (χ1v) is 13.2. The molecule has 16 nitrogen and oxygen atoms in total. The molecule has 3 aliphatic rings. The summed E-state index contributed by atoms with van der Waals surface area (Å²) in [5.41, 5.74) is -4.32. The van der Waals surface area contributed by atoms with E-state index in [0.29, 0.717) is 5.56 Å². The summed E-state index contributed by atoms with van der Waals surface area (Å²) in [6.45, 7) is -1.64. The molecule has 0 bridgehead atoms. The number of hydrogen-bond acceptors (Lipinski definition) is 16. The van der Waals surface area contributed by atoms with Crippen molar-refractivity contribution in [1.82, 2.24) is 0 Å². The number of carbonyl (C=O) groups excluding carboxylic acids is 2. The molecule has 238 valence electrons. The number of rotatable bonds is 6. The fourth-order valence-electron chi connectivity index (χ4n) is 5.56. The van der Waals surface area contributed by atoms with Gasteiger partial charge in [-0.3, -0.25) is 9.59 Å². The molecule has 2 aliphatic heterocycles. The van der Waals surface area contributed by atoms with Crippen molar-refractivity contribution in [2.75, 3.05) is 13.2 Å². The first-order chi connectivity index (χ1) is 20.2. The average Bonchev–Trinajstić information content (AvgIpc) is 2.97. The standard InChI is InChI=1S/C27H34O16/c28-7-13-17(33)20(36)22(38)26(43-13)27(41)24(39)14(11(30)6-3-9-1-4-10(29)5-2-9)18(34)15(25(27)40)19(35)23-21(37)16(32)12(31)8-42-23/h1-6,12-13,15-17,19-23,25-26,28-33,35-38,40-41H,7-8H2/b6-3+,14-11-. The Morgan fingerprint density at radius 3 is 2.19 bits per heavy atom. The highest BCUT2D eigenvalue weighted by Crippen LogP contribution is 2.42. The van der Waals surface area contributed by atoms with E-state index < -0.39 is 115 Å². The van der Waals surface area contributed by atoms with Gasteiger partial charge < -0.3 is 70.8 Å². The van der Waals surface area contributed by atoms with Crippen LogP contribution in [-0.4, -0.2) is 159 Å². The van der Waals surface area contributed by atoms with Gasteiger partial charge in [0.25, 0.3) is 0 Å². The van der Waals surface area contributed by atoms with E-state index >= 15 is 0 Å². The molecule has 1 aromatic carbocycles. The summed E-state index contributed by atoms with van der Waals surface area (Å²) in [7, 11) is 0. The maximum Gasteiger partial charge on any atom is 0.207 e. The minimum absolute atomic E-state index is 0.0856. The number of aromatic hydroxyl groups is 1. The van der Waals surface area contributed by atoms with Gasteiger partial charge in [0.05, 0.1) is 25.2 Å². The van der Waals surface area contributed by atoms with E-state index in [1.807, 2.05) is 0 Å². The predicted octanol–water partition coefficient (Wildman–Crippen LogP) is -5.24. The number of ketones is 2. The van der Waals surface area contributed by atoms with Crippen LogP contribution in [0.2, 0.25) is 0 Å². The fraction of sp³-hybridized carbons (Fsp3) is 0.556. The summed E-state index contributed by atoms with van der Waals surface area (Å²) in [5, 5.41) is 126. The van der Waals surface area contributed by atoms with E-state index in [1.54, 1.807) is 0 Å². The van der Waals surface area contributed by atoms with Gasteiger partial charge in [0.2, 0.25) is 5.78 Å². The molecule has 3 fully saturated rings. The van der Waals surface area contributed by atoms with Crippen LogP contribution in [0.25, 0.3) is 6.08 Å². The first kappa shape index (κ1) is 33.1. The topological polar surface area (TPSA) is 295 Å². The molecule has 2 saturated heterocycles. The highest BCUT2D eigenvalue weighted by atomic mass is 16.6. The molecule has 16 heteroatoms. The third kappa shape index (κ3) is 5.73. The number of aliphatic hydroxyl groups is 11. The summed E-state index contributed by atoms with van der Waals surface area (Å²) >= 11 is 0. The van der Waals surface area contributed by atoms with Gasteiger partial charge in [-0.05, 0) is 23.8 Å². The van der Waals surface area contributed by atoms with Gasteiger partial charge >= 0.3 is 0 Å². The van der Waals surface area contributed by atoms with Crippen molar-refractivity contribution in [2.24, 2.45) is 5.92 Å². The highest BCUT2D eigenvalue weighted by molar-refractivity contribution is 6.27. The van der Waals surface area contributed by atoms with Crippen molar-refractivity contribution in [1.29, 1.82) is 0 Å². The molecule has 0 amide bonds. The van der Waals surface area contributed by atoms with Crippen molar-refractivity contribution < 1.29 is 80.3 Å². The third-order valence-corrected chi connectivity index (χ3v) is 8.08. The number of hydrogen-bond donors (Lipinski definition) is 12. The van der Waals surface area contributed by atoms with Crippen molar-refractivity contribution >= 4 is 17.6 Å². The number of ether oxygens (including phenoxy) is 2. The molecule has 4 rings (SSSR count). The SMILES string of the molecule is O=C1/C(=C(O)\C=C\c2ccc(O)cc2)C(=O)C(O)(C2OC(CO)C(O)C(O)C2O)C(O)C1C(O)C1OCC(O)C(O)C1O. The summed E-state index contributed by atoms with van der Waals surface area (Å²) in [6.07, 6.45) is -20.9.